The number of hydrogen-bond acceptors (Lipinski definition) is 11. The molecule has 0 unspecified atom stereocenters. The van der Waals surface area contributed by atoms with E-state index in [0.717, 1.165) is 43.9 Å². The van der Waals surface area contributed by atoms with Crippen molar-refractivity contribution in [2.45, 2.75) is 13.8 Å². The van der Waals surface area contributed by atoms with Gasteiger partial charge in [-0.3, -0.25) is 4.79 Å². The lowest BCUT2D eigenvalue weighted by atomic mass is 10.2. The van der Waals surface area contributed by atoms with Gasteiger partial charge in [0.05, 0.1) is 29.7 Å². The maximum Gasteiger partial charge on any atom is 0.302 e. The molecule has 4 rings (SSSR count). The van der Waals surface area contributed by atoms with E-state index in [0.29, 0.717) is 18.3 Å². The van der Waals surface area contributed by atoms with Crippen LogP contribution in [0.5, 0.6) is 5.75 Å². The normalized spacial score (nSPS) is 11.5. The standard InChI is InChI=1S/C24H24N6O3S2/c1-4-30(13-14-33-16(2)31)19-9-5-17(6-10-19)27-29-24-25-23-21(34-24)15-22(35-23)28-26-18-7-11-20(32-3)12-8-18/h5-12,15H,4,13-14H2,1-3H3. The van der Waals surface area contributed by atoms with Crippen LogP contribution in [-0.4, -0.2) is 37.8 Å². The molecule has 9 nitrogen and oxygen atoms in total. The number of esters is 1. The van der Waals surface area contributed by atoms with E-state index in [1.165, 1.54) is 29.6 Å². The van der Waals surface area contributed by atoms with Gasteiger partial charge in [0.1, 0.15) is 22.2 Å². The van der Waals surface area contributed by atoms with Crippen LogP contribution in [0, 0.1) is 0 Å². The molecule has 4 aromatic rings. The zero-order valence-corrected chi connectivity index (χ0v) is 21.2. The van der Waals surface area contributed by atoms with Gasteiger partial charge in [0.25, 0.3) is 0 Å². The molecule has 0 fully saturated rings. The zero-order chi connectivity index (χ0) is 24.6. The number of likely N-dealkylation sites (N-methyl/N-ethyl adjacent to an activating group) is 1. The number of nitrogens with zero attached hydrogens (tertiary/aromatic N) is 6. The summed E-state index contributed by atoms with van der Waals surface area (Å²) in [6.45, 7) is 5.27. The van der Waals surface area contributed by atoms with Crippen molar-refractivity contribution in [1.29, 1.82) is 0 Å². The second kappa shape index (κ2) is 11.6. The molecular formula is C24H24N6O3S2. The third-order valence-corrected chi connectivity index (χ3v) is 6.84. The number of carbonyl (C=O) groups is 1. The fourth-order valence-corrected chi connectivity index (χ4v) is 5.01. The van der Waals surface area contributed by atoms with Crippen molar-refractivity contribution < 1.29 is 14.3 Å². The summed E-state index contributed by atoms with van der Waals surface area (Å²) in [6.07, 6.45) is 0. The number of rotatable bonds is 10. The van der Waals surface area contributed by atoms with Crippen molar-refractivity contribution >= 4 is 65.4 Å². The Bertz CT molecular complexity index is 1300. The molecule has 180 valence electrons. The fourth-order valence-electron chi connectivity index (χ4n) is 3.16. The summed E-state index contributed by atoms with van der Waals surface area (Å²) in [5.74, 6) is 0.509. The topological polar surface area (TPSA) is 101 Å². The largest absolute Gasteiger partial charge is 0.497 e. The van der Waals surface area contributed by atoms with Crippen LogP contribution in [-0.2, 0) is 9.53 Å². The van der Waals surface area contributed by atoms with Crippen molar-refractivity contribution in [1.82, 2.24) is 4.98 Å². The number of fused-ring (bicyclic) bond motifs is 1. The highest BCUT2D eigenvalue weighted by molar-refractivity contribution is 7.30. The molecule has 2 aromatic heterocycles. The number of ether oxygens (including phenoxy) is 2. The molecular weight excluding hydrogens is 484 g/mol. The number of anilines is 1. The maximum absolute atomic E-state index is 11.0. The molecule has 2 aromatic carbocycles. The molecule has 0 aliphatic rings. The van der Waals surface area contributed by atoms with Crippen LogP contribution in [0.1, 0.15) is 13.8 Å². The van der Waals surface area contributed by atoms with Crippen molar-refractivity contribution in [3.63, 3.8) is 0 Å². The predicted molar refractivity (Wildman–Crippen MR) is 140 cm³/mol. The van der Waals surface area contributed by atoms with Gasteiger partial charge < -0.3 is 14.4 Å². The van der Waals surface area contributed by atoms with Crippen LogP contribution in [0.3, 0.4) is 0 Å². The quantitative estimate of drug-likeness (QED) is 0.162. The zero-order valence-electron chi connectivity index (χ0n) is 19.5. The molecule has 0 atom stereocenters. The molecule has 11 heteroatoms. The molecule has 0 aliphatic heterocycles. The van der Waals surface area contributed by atoms with E-state index in [9.17, 15) is 4.79 Å². The molecule has 0 bridgehead atoms. The first-order valence-electron chi connectivity index (χ1n) is 10.9. The number of methoxy groups -OCH3 is 1. The third-order valence-electron chi connectivity index (χ3n) is 4.92. The van der Waals surface area contributed by atoms with Gasteiger partial charge in [0.2, 0.25) is 5.13 Å². The Hall–Kier alpha value is -3.70. The highest BCUT2D eigenvalue weighted by atomic mass is 32.1. The van der Waals surface area contributed by atoms with Gasteiger partial charge in [-0.25, -0.2) is 4.98 Å². The first-order valence-corrected chi connectivity index (χ1v) is 12.5. The van der Waals surface area contributed by atoms with E-state index in [4.69, 9.17) is 9.47 Å². The SMILES string of the molecule is CCN(CCOC(C)=O)c1ccc(N=Nc2nc3sc(N=Nc4ccc(OC)cc4)cc3s2)cc1. The average Bonchev–Trinajstić information content (AvgIpc) is 3.43. The number of benzene rings is 2. The number of hydrogen-bond donors (Lipinski definition) is 0. The van der Waals surface area contributed by atoms with Crippen molar-refractivity contribution in [2.75, 3.05) is 31.7 Å². The molecule has 0 spiro atoms. The monoisotopic (exact) mass is 508 g/mol. The van der Waals surface area contributed by atoms with E-state index in [-0.39, 0.29) is 5.97 Å². The van der Waals surface area contributed by atoms with Crippen LogP contribution in [0.4, 0.5) is 27.2 Å². The van der Waals surface area contributed by atoms with Gasteiger partial charge in [-0.1, -0.05) is 22.7 Å². The summed E-state index contributed by atoms with van der Waals surface area (Å²) >= 11 is 2.92. The Kier molecular flexibility index (Phi) is 8.11. The van der Waals surface area contributed by atoms with Gasteiger partial charge >= 0.3 is 5.97 Å². The number of aromatic nitrogens is 1. The summed E-state index contributed by atoms with van der Waals surface area (Å²) in [5.41, 5.74) is 2.52. The van der Waals surface area contributed by atoms with E-state index in [2.05, 4.69) is 37.3 Å². The predicted octanol–water partition coefficient (Wildman–Crippen LogP) is 7.59. The second-order valence-electron chi connectivity index (χ2n) is 7.28. The summed E-state index contributed by atoms with van der Waals surface area (Å²) in [6, 6.07) is 17.1. The van der Waals surface area contributed by atoms with Crippen molar-refractivity contribution in [2.24, 2.45) is 20.5 Å². The highest BCUT2D eigenvalue weighted by Gasteiger charge is 2.09. The minimum absolute atomic E-state index is 0.270. The van der Waals surface area contributed by atoms with Gasteiger partial charge in [0.15, 0.2) is 0 Å². The third kappa shape index (κ3) is 6.67. The van der Waals surface area contributed by atoms with E-state index >= 15 is 0 Å². The first kappa shape index (κ1) is 24.4. The molecule has 0 aliphatic carbocycles. The van der Waals surface area contributed by atoms with E-state index in [1.807, 2.05) is 54.6 Å². The first-order chi connectivity index (χ1) is 17.0. The van der Waals surface area contributed by atoms with Crippen molar-refractivity contribution in [3.05, 3.63) is 54.6 Å². The minimum atomic E-state index is -0.270. The molecule has 0 N–H and O–H groups in total. The Balaban J connectivity index is 1.37. The van der Waals surface area contributed by atoms with Crippen LogP contribution < -0.4 is 9.64 Å². The second-order valence-corrected chi connectivity index (χ2v) is 9.30. The summed E-state index contributed by atoms with van der Waals surface area (Å²) in [5, 5.41) is 18.5. The summed E-state index contributed by atoms with van der Waals surface area (Å²) < 4.78 is 11.2. The van der Waals surface area contributed by atoms with Crippen LogP contribution in [0.2, 0.25) is 0 Å². The maximum atomic E-state index is 11.0. The summed E-state index contributed by atoms with van der Waals surface area (Å²) in [7, 11) is 1.63. The average molecular weight is 509 g/mol. The smallest absolute Gasteiger partial charge is 0.302 e. The number of azo groups is 2. The van der Waals surface area contributed by atoms with Crippen LogP contribution >= 0.6 is 22.7 Å². The Morgan fingerprint density at radius 2 is 1.66 bits per heavy atom. The van der Waals surface area contributed by atoms with Crippen LogP contribution in [0.25, 0.3) is 9.53 Å². The molecule has 2 heterocycles. The van der Waals surface area contributed by atoms with Gasteiger partial charge in [-0.2, -0.15) is 0 Å². The lowest BCUT2D eigenvalue weighted by molar-refractivity contribution is -0.140. The Morgan fingerprint density at radius 1 is 0.971 bits per heavy atom. The molecule has 0 radical (unpaired) electrons. The van der Waals surface area contributed by atoms with E-state index in [1.54, 1.807) is 7.11 Å². The lowest BCUT2D eigenvalue weighted by Gasteiger charge is -2.22. The van der Waals surface area contributed by atoms with Gasteiger partial charge in [0, 0.05) is 19.2 Å². The number of thiazole rings is 1. The Morgan fingerprint density at radius 3 is 2.29 bits per heavy atom. The molecule has 0 saturated carbocycles. The molecule has 0 saturated heterocycles. The van der Waals surface area contributed by atoms with Gasteiger partial charge in [-0.05, 0) is 61.5 Å². The van der Waals surface area contributed by atoms with Crippen molar-refractivity contribution in [3.8, 4) is 5.75 Å². The number of carbonyl (C=O) groups excluding carboxylic acids is 1. The molecule has 0 amide bonds. The van der Waals surface area contributed by atoms with E-state index < -0.39 is 0 Å². The number of thiophene rings is 1. The summed E-state index contributed by atoms with van der Waals surface area (Å²) in [4.78, 5) is 18.5. The minimum Gasteiger partial charge on any atom is -0.497 e. The Labute approximate surface area is 210 Å². The van der Waals surface area contributed by atoms with Crippen LogP contribution in [0.15, 0.2) is 75.1 Å². The highest BCUT2D eigenvalue weighted by Crippen LogP contribution is 2.39. The lowest BCUT2D eigenvalue weighted by Crippen LogP contribution is -2.27. The van der Waals surface area contributed by atoms with Gasteiger partial charge in [-0.15, -0.1) is 20.5 Å². The molecule has 35 heavy (non-hydrogen) atoms. The fraction of sp³-hybridized carbons (Fsp3) is 0.250.